The van der Waals surface area contributed by atoms with Gasteiger partial charge in [-0.1, -0.05) is 24.3 Å². The van der Waals surface area contributed by atoms with E-state index in [4.69, 9.17) is 4.52 Å². The van der Waals surface area contributed by atoms with Crippen molar-refractivity contribution in [1.29, 1.82) is 0 Å². The Bertz CT molecular complexity index is 1100. The molecular weight excluding hydrogens is 775 g/mol. The Hall–Kier alpha value is 0.400. The van der Waals surface area contributed by atoms with Crippen LogP contribution >= 0.6 is 104 Å². The lowest BCUT2D eigenvalue weighted by atomic mass is 9.94. The van der Waals surface area contributed by atoms with Gasteiger partial charge in [-0.3, -0.25) is 0 Å². The Morgan fingerprint density at radius 2 is 1.21 bits per heavy atom. The molecule has 0 saturated carbocycles. The van der Waals surface area contributed by atoms with E-state index in [9.17, 15) is 9.46 Å². The fourth-order valence-corrected chi connectivity index (χ4v) is 5.95. The van der Waals surface area contributed by atoms with Crippen LogP contribution in [0.15, 0.2) is 69.3 Å². The van der Waals surface area contributed by atoms with Crippen molar-refractivity contribution in [2.75, 3.05) is 0 Å². The van der Waals surface area contributed by atoms with Gasteiger partial charge in [0.05, 0.1) is 0 Å². The third-order valence-corrected chi connectivity index (χ3v) is 10.9. The second-order valence-corrected chi connectivity index (χ2v) is 11.0. The molecule has 0 heterocycles. The van der Waals surface area contributed by atoms with Gasteiger partial charge in [-0.05, 0) is 125 Å². The predicted molar refractivity (Wildman–Crippen MR) is 134 cm³/mol. The number of halogens is 6. The highest BCUT2D eigenvalue weighted by molar-refractivity contribution is 9.15. The molecule has 0 spiro atoms. The maximum atomic E-state index is 11.4. The molecule has 0 aliphatic carbocycles. The summed E-state index contributed by atoms with van der Waals surface area (Å²) in [5.74, 6) is 0.307. The molecule has 0 amide bonds. The van der Waals surface area contributed by atoms with Gasteiger partial charge in [0, 0.05) is 42.5 Å². The van der Waals surface area contributed by atoms with Crippen molar-refractivity contribution in [2.24, 2.45) is 0 Å². The molecule has 1 unspecified atom stereocenters. The lowest BCUT2D eigenvalue weighted by molar-refractivity contribution is 0.411. The van der Waals surface area contributed by atoms with Gasteiger partial charge in [0.1, 0.15) is 0 Å². The first-order chi connectivity index (χ1) is 13.2. The van der Waals surface area contributed by atoms with Gasteiger partial charge in [0.25, 0.3) is 0 Å². The maximum absolute atomic E-state index is 11.4. The molecule has 28 heavy (non-hydrogen) atoms. The number of hydrogen-bond acceptors (Lipinski definition) is 2. The minimum absolute atomic E-state index is 0.307. The molecule has 1 N–H and O–H groups in total. The Morgan fingerprint density at radius 3 is 1.79 bits per heavy atom. The average molecular weight is 783 g/mol. The standard InChI is InChI=1S/C18H7Br6O3P/c19-11-6-4-9(15(21)17(11)23)8-2-1-3-13(27-28(25)26)14(8)10-5-7-12(20)18(24)16(10)22/h1-7H/p+1. The summed E-state index contributed by atoms with van der Waals surface area (Å²) in [6.45, 7) is 0. The molecule has 0 radical (unpaired) electrons. The van der Waals surface area contributed by atoms with Crippen molar-refractivity contribution in [2.45, 2.75) is 0 Å². The zero-order valence-corrected chi connectivity index (χ0v) is 23.9. The summed E-state index contributed by atoms with van der Waals surface area (Å²) in [6, 6.07) is 13.1. The molecule has 0 aliphatic heterocycles. The Labute approximate surface area is 213 Å². The minimum Gasteiger partial charge on any atom is -0.229 e. The van der Waals surface area contributed by atoms with E-state index in [0.717, 1.165) is 43.5 Å². The molecule has 0 bridgehead atoms. The Balaban J connectivity index is 2.39. The molecule has 3 aromatic rings. The highest BCUT2D eigenvalue weighted by Gasteiger charge is 2.25. The van der Waals surface area contributed by atoms with Gasteiger partial charge in [-0.15, -0.1) is 4.89 Å². The second kappa shape index (κ2) is 9.69. The Kier molecular flexibility index (Phi) is 7.98. The topological polar surface area (TPSA) is 46.5 Å². The van der Waals surface area contributed by atoms with Crippen LogP contribution in [0, 0.1) is 0 Å². The predicted octanol–water partition coefficient (Wildman–Crippen LogP) is 9.62. The third-order valence-electron chi connectivity index (χ3n) is 3.83. The van der Waals surface area contributed by atoms with Crippen LogP contribution in [0.3, 0.4) is 0 Å². The van der Waals surface area contributed by atoms with E-state index in [2.05, 4.69) is 95.6 Å². The number of benzene rings is 3. The fraction of sp³-hybridized carbons (Fsp3) is 0. The summed E-state index contributed by atoms with van der Waals surface area (Å²) >= 11 is 21.4. The van der Waals surface area contributed by atoms with Gasteiger partial charge >= 0.3 is 8.25 Å². The molecule has 0 aliphatic rings. The SMILES string of the molecule is O=[P+](O)Oc1cccc(-c2ccc(Br)c(Br)c2Br)c1-c1ccc(Br)c(Br)c1Br. The van der Waals surface area contributed by atoms with Crippen molar-refractivity contribution >= 4 is 104 Å². The van der Waals surface area contributed by atoms with Gasteiger partial charge in [-0.2, -0.15) is 0 Å². The highest BCUT2D eigenvalue weighted by atomic mass is 79.9. The van der Waals surface area contributed by atoms with Gasteiger partial charge in [-0.25, -0.2) is 4.52 Å². The van der Waals surface area contributed by atoms with Crippen molar-refractivity contribution in [3.05, 3.63) is 69.3 Å². The summed E-state index contributed by atoms with van der Waals surface area (Å²) in [7, 11) is -2.82. The molecule has 0 aromatic heterocycles. The third kappa shape index (κ3) is 4.67. The van der Waals surface area contributed by atoms with Gasteiger partial charge < -0.3 is 0 Å². The van der Waals surface area contributed by atoms with E-state index < -0.39 is 8.25 Å². The summed E-state index contributed by atoms with van der Waals surface area (Å²) in [4.78, 5) is 9.38. The molecule has 0 saturated heterocycles. The molecule has 3 nitrogen and oxygen atoms in total. The zero-order chi connectivity index (χ0) is 20.6. The number of hydrogen-bond donors (Lipinski definition) is 1. The van der Waals surface area contributed by atoms with Crippen LogP contribution in [0.4, 0.5) is 0 Å². The van der Waals surface area contributed by atoms with Crippen LogP contribution in [0.2, 0.25) is 0 Å². The summed E-state index contributed by atoms with van der Waals surface area (Å²) in [5, 5.41) is 0. The van der Waals surface area contributed by atoms with Crippen LogP contribution in [0.5, 0.6) is 5.75 Å². The first-order valence-corrected chi connectivity index (χ1v) is 13.4. The van der Waals surface area contributed by atoms with Crippen molar-refractivity contribution in [3.63, 3.8) is 0 Å². The van der Waals surface area contributed by atoms with Crippen LogP contribution in [-0.4, -0.2) is 4.89 Å². The van der Waals surface area contributed by atoms with E-state index >= 15 is 0 Å². The van der Waals surface area contributed by atoms with Crippen molar-refractivity contribution in [3.8, 4) is 28.0 Å². The van der Waals surface area contributed by atoms with E-state index in [-0.39, 0.29) is 0 Å². The Morgan fingerprint density at radius 1 is 0.679 bits per heavy atom. The minimum atomic E-state index is -2.82. The summed E-state index contributed by atoms with van der Waals surface area (Å²) in [6.07, 6.45) is 0. The summed E-state index contributed by atoms with van der Waals surface area (Å²) in [5.41, 5.74) is 3.23. The van der Waals surface area contributed by atoms with Crippen LogP contribution in [0.25, 0.3) is 22.3 Å². The lowest BCUT2D eigenvalue weighted by Crippen LogP contribution is -1.93. The normalized spacial score (nSPS) is 11.5. The quantitative estimate of drug-likeness (QED) is 0.212. The first kappa shape index (κ1) is 23.1. The van der Waals surface area contributed by atoms with E-state index in [1.807, 2.05) is 30.3 Å². The summed E-state index contributed by atoms with van der Waals surface area (Å²) < 4.78 is 21.8. The molecular formula is C18H8Br6O3P+. The zero-order valence-electron chi connectivity index (χ0n) is 13.5. The van der Waals surface area contributed by atoms with E-state index in [1.54, 1.807) is 12.1 Å². The maximum Gasteiger partial charge on any atom is 0.747 e. The van der Waals surface area contributed by atoms with Gasteiger partial charge in [0.15, 0.2) is 5.75 Å². The van der Waals surface area contributed by atoms with Crippen LogP contribution in [-0.2, 0) is 4.57 Å². The number of rotatable bonds is 4. The molecule has 144 valence electrons. The fourth-order valence-electron chi connectivity index (χ4n) is 2.65. The van der Waals surface area contributed by atoms with Crippen LogP contribution in [0.1, 0.15) is 0 Å². The average Bonchev–Trinajstić information content (AvgIpc) is 2.65. The van der Waals surface area contributed by atoms with Gasteiger partial charge in [0.2, 0.25) is 0 Å². The molecule has 1 atom stereocenters. The van der Waals surface area contributed by atoms with Crippen molar-refractivity contribution < 1.29 is 14.0 Å². The molecule has 3 aromatic carbocycles. The molecule has 10 heteroatoms. The molecule has 3 rings (SSSR count). The highest BCUT2D eigenvalue weighted by Crippen LogP contribution is 2.49. The van der Waals surface area contributed by atoms with Crippen LogP contribution < -0.4 is 4.52 Å². The van der Waals surface area contributed by atoms with E-state index in [0.29, 0.717) is 11.3 Å². The second-order valence-electron chi connectivity index (χ2n) is 5.45. The monoisotopic (exact) mass is 777 g/mol. The molecule has 0 fully saturated rings. The smallest absolute Gasteiger partial charge is 0.229 e. The lowest BCUT2D eigenvalue weighted by Gasteiger charge is -2.16. The largest absolute Gasteiger partial charge is 0.747 e. The van der Waals surface area contributed by atoms with E-state index in [1.165, 1.54) is 0 Å². The van der Waals surface area contributed by atoms with Crippen molar-refractivity contribution in [1.82, 2.24) is 0 Å². The first-order valence-electron chi connectivity index (χ1n) is 7.47.